The molecule has 0 aliphatic rings. The van der Waals surface area contributed by atoms with Gasteiger partial charge in [-0.05, 0) is 26.8 Å². The monoisotopic (exact) mass is 166 g/mol. The van der Waals surface area contributed by atoms with Crippen LogP contribution in [0.3, 0.4) is 0 Å². The summed E-state index contributed by atoms with van der Waals surface area (Å²) in [6, 6.07) is 4.42. The van der Waals surface area contributed by atoms with Crippen molar-refractivity contribution in [3.8, 4) is 0 Å². The molecule has 0 saturated carbocycles. The topological polar surface area (TPSA) is 31.2 Å². The highest BCUT2D eigenvalue weighted by Gasteiger charge is 2.16. The molecule has 0 aliphatic heterocycles. The maximum atomic E-state index is 11.2. The number of hydrogen-bond acceptors (Lipinski definition) is 2. The minimum atomic E-state index is -0.443. The summed E-state index contributed by atoms with van der Waals surface area (Å²) >= 11 is 0. The molecular formula is C9H12NO2. The van der Waals surface area contributed by atoms with Crippen LogP contribution in [0.2, 0.25) is 0 Å². The van der Waals surface area contributed by atoms with Crippen LogP contribution in [0.25, 0.3) is 0 Å². The van der Waals surface area contributed by atoms with Gasteiger partial charge in [-0.1, -0.05) is 0 Å². The van der Waals surface area contributed by atoms with Gasteiger partial charge in [-0.3, -0.25) is 4.57 Å². The Morgan fingerprint density at radius 3 is 2.58 bits per heavy atom. The van der Waals surface area contributed by atoms with Crippen molar-refractivity contribution in [2.75, 3.05) is 0 Å². The van der Waals surface area contributed by atoms with Crippen molar-refractivity contribution in [1.82, 2.24) is 4.57 Å². The lowest BCUT2D eigenvalue weighted by Crippen LogP contribution is -2.26. The van der Waals surface area contributed by atoms with Gasteiger partial charge in [0, 0.05) is 18.5 Å². The standard InChI is InChI=1S/C9H12NO2/c1-9(2,3)12-8(11)10-6-4-5-7-10/h4,6-7H,1-3H3. The van der Waals surface area contributed by atoms with Crippen molar-refractivity contribution in [3.05, 3.63) is 24.5 Å². The number of hydrogen-bond donors (Lipinski definition) is 0. The highest BCUT2D eigenvalue weighted by atomic mass is 16.6. The molecule has 0 atom stereocenters. The van der Waals surface area contributed by atoms with Gasteiger partial charge in [-0.25, -0.2) is 4.79 Å². The number of carbonyl (C=O) groups is 1. The van der Waals surface area contributed by atoms with E-state index < -0.39 is 5.60 Å². The molecule has 65 valence electrons. The maximum absolute atomic E-state index is 11.2. The second-order valence-electron chi connectivity index (χ2n) is 3.50. The van der Waals surface area contributed by atoms with Crippen LogP contribution in [0.1, 0.15) is 20.8 Å². The minimum Gasteiger partial charge on any atom is -0.443 e. The molecule has 0 N–H and O–H groups in total. The normalized spacial score (nSPS) is 11.2. The van der Waals surface area contributed by atoms with Gasteiger partial charge in [-0.15, -0.1) is 0 Å². The molecule has 0 amide bonds. The Labute approximate surface area is 72.0 Å². The summed E-state index contributed by atoms with van der Waals surface area (Å²) in [4.78, 5) is 11.2. The number of ether oxygens (including phenoxy) is 1. The van der Waals surface area contributed by atoms with E-state index in [-0.39, 0.29) is 6.09 Å². The third kappa shape index (κ3) is 2.42. The number of nitrogens with zero attached hydrogens (tertiary/aromatic N) is 1. The summed E-state index contributed by atoms with van der Waals surface area (Å²) in [5.41, 5.74) is -0.443. The Hall–Kier alpha value is -1.25. The van der Waals surface area contributed by atoms with Gasteiger partial charge in [0.15, 0.2) is 0 Å². The van der Waals surface area contributed by atoms with Crippen LogP contribution in [0.5, 0.6) is 0 Å². The smallest absolute Gasteiger partial charge is 0.418 e. The molecule has 3 heteroatoms. The largest absolute Gasteiger partial charge is 0.443 e. The first kappa shape index (κ1) is 8.84. The van der Waals surface area contributed by atoms with Crippen LogP contribution in [0.4, 0.5) is 4.79 Å². The predicted molar refractivity (Wildman–Crippen MR) is 44.9 cm³/mol. The predicted octanol–water partition coefficient (Wildman–Crippen LogP) is 2.07. The summed E-state index contributed by atoms with van der Waals surface area (Å²) in [5.74, 6) is 0. The average molecular weight is 166 g/mol. The first-order chi connectivity index (χ1) is 5.49. The van der Waals surface area contributed by atoms with Crippen LogP contribution >= 0.6 is 0 Å². The molecule has 12 heavy (non-hydrogen) atoms. The van der Waals surface area contributed by atoms with E-state index in [1.54, 1.807) is 12.3 Å². The molecule has 0 saturated heterocycles. The molecule has 1 aromatic rings. The van der Waals surface area contributed by atoms with Crippen LogP contribution in [-0.4, -0.2) is 16.3 Å². The molecule has 0 fully saturated rings. The zero-order valence-corrected chi connectivity index (χ0v) is 7.50. The average Bonchev–Trinajstić information content (AvgIpc) is 2.32. The van der Waals surface area contributed by atoms with Crippen LogP contribution in [0, 0.1) is 6.07 Å². The van der Waals surface area contributed by atoms with Crippen molar-refractivity contribution < 1.29 is 9.53 Å². The Morgan fingerprint density at radius 2 is 2.17 bits per heavy atom. The van der Waals surface area contributed by atoms with E-state index in [0.717, 1.165) is 0 Å². The SMILES string of the molecule is CC(C)(C)OC(=O)n1c[c]cc1. The lowest BCUT2D eigenvalue weighted by molar-refractivity contribution is 0.0537. The number of carbonyl (C=O) groups excluding carboxylic acids is 1. The second kappa shape index (κ2) is 3.01. The quantitative estimate of drug-likeness (QED) is 0.590. The third-order valence-electron chi connectivity index (χ3n) is 1.15. The maximum Gasteiger partial charge on any atom is 0.418 e. The first-order valence-corrected chi connectivity index (χ1v) is 3.76. The van der Waals surface area contributed by atoms with E-state index >= 15 is 0 Å². The van der Waals surface area contributed by atoms with Gasteiger partial charge in [0.1, 0.15) is 5.60 Å². The van der Waals surface area contributed by atoms with Gasteiger partial charge in [0.25, 0.3) is 0 Å². The van der Waals surface area contributed by atoms with E-state index in [1.807, 2.05) is 20.8 Å². The van der Waals surface area contributed by atoms with Crippen molar-refractivity contribution >= 4 is 6.09 Å². The molecular weight excluding hydrogens is 154 g/mol. The van der Waals surface area contributed by atoms with Gasteiger partial charge in [0.05, 0.1) is 0 Å². The van der Waals surface area contributed by atoms with Gasteiger partial charge in [-0.2, -0.15) is 0 Å². The van der Waals surface area contributed by atoms with Crippen molar-refractivity contribution in [2.45, 2.75) is 26.4 Å². The van der Waals surface area contributed by atoms with E-state index in [9.17, 15) is 4.79 Å². The van der Waals surface area contributed by atoms with Crippen molar-refractivity contribution in [1.29, 1.82) is 0 Å². The number of rotatable bonds is 0. The summed E-state index contributed by atoms with van der Waals surface area (Å²) in [6.07, 6.45) is 2.77. The summed E-state index contributed by atoms with van der Waals surface area (Å²) in [5, 5.41) is 0. The van der Waals surface area contributed by atoms with E-state index in [1.165, 1.54) is 10.8 Å². The fraction of sp³-hybridized carbons (Fsp3) is 0.444. The van der Waals surface area contributed by atoms with Gasteiger partial charge in [0.2, 0.25) is 0 Å². The molecule has 1 radical (unpaired) electrons. The van der Waals surface area contributed by atoms with E-state index in [4.69, 9.17) is 4.74 Å². The van der Waals surface area contributed by atoms with E-state index in [2.05, 4.69) is 6.07 Å². The Kier molecular flexibility index (Phi) is 2.22. The van der Waals surface area contributed by atoms with Crippen molar-refractivity contribution in [2.24, 2.45) is 0 Å². The molecule has 1 heterocycles. The first-order valence-electron chi connectivity index (χ1n) is 3.76. The molecule has 0 spiro atoms. The molecule has 1 aromatic heterocycles. The molecule has 0 aromatic carbocycles. The molecule has 0 bridgehead atoms. The van der Waals surface area contributed by atoms with Crippen LogP contribution < -0.4 is 0 Å². The fourth-order valence-corrected chi connectivity index (χ4v) is 0.718. The van der Waals surface area contributed by atoms with Crippen molar-refractivity contribution in [3.63, 3.8) is 0 Å². The highest BCUT2D eigenvalue weighted by Crippen LogP contribution is 2.08. The lowest BCUT2D eigenvalue weighted by Gasteiger charge is -2.19. The molecule has 0 aliphatic carbocycles. The fourth-order valence-electron chi connectivity index (χ4n) is 0.718. The zero-order valence-electron chi connectivity index (χ0n) is 7.50. The van der Waals surface area contributed by atoms with Gasteiger partial charge < -0.3 is 4.74 Å². The minimum absolute atomic E-state index is 0.372. The Morgan fingerprint density at radius 1 is 1.50 bits per heavy atom. The molecule has 0 unspecified atom stereocenters. The Bertz CT molecular complexity index is 257. The third-order valence-corrected chi connectivity index (χ3v) is 1.15. The lowest BCUT2D eigenvalue weighted by atomic mass is 10.2. The van der Waals surface area contributed by atoms with Crippen LogP contribution in [-0.2, 0) is 4.74 Å². The Balaban J connectivity index is 2.63. The summed E-state index contributed by atoms with van der Waals surface area (Å²) < 4.78 is 6.44. The molecule has 1 rings (SSSR count). The van der Waals surface area contributed by atoms with Crippen LogP contribution in [0.15, 0.2) is 18.5 Å². The second-order valence-corrected chi connectivity index (χ2v) is 3.50. The zero-order chi connectivity index (χ0) is 9.19. The molecule has 3 nitrogen and oxygen atoms in total. The van der Waals surface area contributed by atoms with E-state index in [0.29, 0.717) is 0 Å². The summed E-state index contributed by atoms with van der Waals surface area (Å²) in [6.45, 7) is 5.49. The highest BCUT2D eigenvalue weighted by molar-refractivity contribution is 5.70. The van der Waals surface area contributed by atoms with Gasteiger partial charge >= 0.3 is 6.09 Å². The number of aromatic nitrogens is 1. The summed E-state index contributed by atoms with van der Waals surface area (Å²) in [7, 11) is 0.